The maximum absolute atomic E-state index is 12.3. The van der Waals surface area contributed by atoms with Crippen molar-refractivity contribution in [1.29, 1.82) is 0 Å². The fourth-order valence-electron chi connectivity index (χ4n) is 2.82. The lowest BCUT2D eigenvalue weighted by Gasteiger charge is -2.42. The maximum Gasteiger partial charge on any atom is 0.191 e. The zero-order chi connectivity index (χ0) is 16.0. The van der Waals surface area contributed by atoms with E-state index in [-0.39, 0.29) is 11.8 Å². The largest absolute Gasteiger partial charge is 0.382 e. The monoisotopic (exact) mass is 303 g/mol. The van der Waals surface area contributed by atoms with Gasteiger partial charge in [-0.2, -0.15) is 0 Å². The molecule has 1 aliphatic heterocycles. The Morgan fingerprint density at radius 2 is 2.05 bits per heavy atom. The first-order valence-corrected chi connectivity index (χ1v) is 7.90. The lowest BCUT2D eigenvalue weighted by Crippen LogP contribution is -2.58. The Morgan fingerprint density at radius 1 is 1.32 bits per heavy atom. The fourth-order valence-corrected chi connectivity index (χ4v) is 2.82. The van der Waals surface area contributed by atoms with E-state index in [0.29, 0.717) is 19.6 Å². The number of nitrogens with zero attached hydrogens (tertiary/aromatic N) is 1. The summed E-state index contributed by atoms with van der Waals surface area (Å²) in [5.74, 6) is -0.218. The van der Waals surface area contributed by atoms with Crippen LogP contribution in [0.25, 0.3) is 0 Å². The second-order valence-electron chi connectivity index (χ2n) is 5.73. The van der Waals surface area contributed by atoms with Gasteiger partial charge in [0.1, 0.15) is 0 Å². The third-order valence-corrected chi connectivity index (χ3v) is 4.26. The predicted molar refractivity (Wildman–Crippen MR) is 86.5 cm³/mol. The standard InChI is InChI=1S/C18H25NO3/c1-3-22-13-7-11-19-12-10-17(20)18(21,15(19)2)14-16-8-5-4-6-9-16/h4-6,8-10,12,15,21H,3,7,11,13-14H2,1-2H3. The Hall–Kier alpha value is -1.65. The molecular formula is C18H25NO3. The highest BCUT2D eigenvalue weighted by Gasteiger charge is 2.44. The van der Waals surface area contributed by atoms with Gasteiger partial charge in [-0.1, -0.05) is 30.3 Å². The van der Waals surface area contributed by atoms with Crippen LogP contribution in [0.5, 0.6) is 0 Å². The minimum absolute atomic E-state index is 0.218. The molecule has 4 nitrogen and oxygen atoms in total. The average Bonchev–Trinajstić information content (AvgIpc) is 2.53. The summed E-state index contributed by atoms with van der Waals surface area (Å²) in [6, 6.07) is 9.40. The van der Waals surface area contributed by atoms with Gasteiger partial charge in [0.2, 0.25) is 0 Å². The van der Waals surface area contributed by atoms with Gasteiger partial charge in [0.05, 0.1) is 6.04 Å². The molecule has 0 aliphatic carbocycles. The summed E-state index contributed by atoms with van der Waals surface area (Å²) < 4.78 is 5.35. The molecule has 0 saturated heterocycles. The minimum atomic E-state index is -1.37. The first-order chi connectivity index (χ1) is 10.6. The van der Waals surface area contributed by atoms with Crippen molar-refractivity contribution in [2.45, 2.75) is 38.3 Å². The highest BCUT2D eigenvalue weighted by molar-refractivity contribution is 5.98. The van der Waals surface area contributed by atoms with E-state index in [4.69, 9.17) is 4.74 Å². The Morgan fingerprint density at radius 3 is 2.73 bits per heavy atom. The molecule has 1 N–H and O–H groups in total. The number of carbonyl (C=O) groups is 1. The van der Waals surface area contributed by atoms with E-state index in [2.05, 4.69) is 0 Å². The average molecular weight is 303 g/mol. The molecule has 0 aromatic heterocycles. The van der Waals surface area contributed by atoms with Crippen molar-refractivity contribution in [3.05, 3.63) is 48.2 Å². The molecule has 0 fully saturated rings. The zero-order valence-corrected chi connectivity index (χ0v) is 13.4. The normalized spacial score (nSPS) is 24.8. The Bertz CT molecular complexity index is 514. The first kappa shape index (κ1) is 16.7. The molecule has 1 aliphatic rings. The van der Waals surface area contributed by atoms with Crippen LogP contribution in [0.1, 0.15) is 25.8 Å². The van der Waals surface area contributed by atoms with Crippen LogP contribution >= 0.6 is 0 Å². The van der Waals surface area contributed by atoms with E-state index in [9.17, 15) is 9.90 Å². The molecule has 0 radical (unpaired) electrons. The molecule has 4 heteroatoms. The van der Waals surface area contributed by atoms with Gasteiger partial charge in [-0.25, -0.2) is 0 Å². The van der Waals surface area contributed by atoms with Crippen LogP contribution in [0.2, 0.25) is 0 Å². The fraction of sp³-hybridized carbons (Fsp3) is 0.500. The van der Waals surface area contributed by atoms with Crippen LogP contribution in [0.15, 0.2) is 42.6 Å². The molecule has 120 valence electrons. The molecule has 22 heavy (non-hydrogen) atoms. The van der Waals surface area contributed by atoms with Crippen LogP contribution < -0.4 is 0 Å². The van der Waals surface area contributed by atoms with Gasteiger partial charge in [-0.3, -0.25) is 4.79 Å². The van der Waals surface area contributed by atoms with Crippen molar-refractivity contribution in [3.63, 3.8) is 0 Å². The number of aliphatic hydroxyl groups is 1. The third-order valence-electron chi connectivity index (χ3n) is 4.26. The first-order valence-electron chi connectivity index (χ1n) is 7.90. The third kappa shape index (κ3) is 3.76. The van der Waals surface area contributed by atoms with Gasteiger partial charge in [0.15, 0.2) is 11.4 Å². The van der Waals surface area contributed by atoms with Gasteiger partial charge in [0, 0.05) is 38.5 Å². The lowest BCUT2D eigenvalue weighted by molar-refractivity contribution is -0.140. The van der Waals surface area contributed by atoms with Crippen LogP contribution in [0, 0.1) is 0 Å². The van der Waals surface area contributed by atoms with Crippen molar-refractivity contribution < 1.29 is 14.6 Å². The molecule has 2 rings (SSSR count). The quantitative estimate of drug-likeness (QED) is 0.784. The van der Waals surface area contributed by atoms with Gasteiger partial charge >= 0.3 is 0 Å². The summed E-state index contributed by atoms with van der Waals surface area (Å²) >= 11 is 0. The van der Waals surface area contributed by atoms with E-state index in [0.717, 1.165) is 18.5 Å². The summed E-state index contributed by atoms with van der Waals surface area (Å²) in [6.45, 7) is 6.05. The summed E-state index contributed by atoms with van der Waals surface area (Å²) in [5, 5.41) is 11.0. The molecule has 1 heterocycles. The Balaban J connectivity index is 2.06. The van der Waals surface area contributed by atoms with Crippen LogP contribution in [0.4, 0.5) is 0 Å². The molecular weight excluding hydrogens is 278 g/mol. The molecule has 2 unspecified atom stereocenters. The highest BCUT2D eigenvalue weighted by atomic mass is 16.5. The summed E-state index contributed by atoms with van der Waals surface area (Å²) in [4.78, 5) is 14.3. The number of rotatable bonds is 7. The van der Waals surface area contributed by atoms with Gasteiger partial charge < -0.3 is 14.7 Å². The van der Waals surface area contributed by atoms with Crippen molar-refractivity contribution in [1.82, 2.24) is 4.90 Å². The van der Waals surface area contributed by atoms with Gasteiger partial charge in [-0.05, 0) is 25.8 Å². The molecule has 0 bridgehead atoms. The van der Waals surface area contributed by atoms with E-state index >= 15 is 0 Å². The zero-order valence-electron chi connectivity index (χ0n) is 13.4. The molecule has 0 saturated carbocycles. The number of hydrogen-bond acceptors (Lipinski definition) is 4. The highest BCUT2D eigenvalue weighted by Crippen LogP contribution is 2.27. The van der Waals surface area contributed by atoms with Crippen LogP contribution in [0.3, 0.4) is 0 Å². The topological polar surface area (TPSA) is 49.8 Å². The number of benzene rings is 1. The number of carbonyl (C=O) groups excluding carboxylic acids is 1. The van der Waals surface area contributed by atoms with E-state index in [1.165, 1.54) is 6.08 Å². The number of ketones is 1. The predicted octanol–water partition coefficient (Wildman–Crippen LogP) is 2.17. The summed E-state index contributed by atoms with van der Waals surface area (Å²) in [5.41, 5.74) is -0.406. The van der Waals surface area contributed by atoms with Crippen molar-refractivity contribution >= 4 is 5.78 Å². The molecule has 1 aromatic rings. The van der Waals surface area contributed by atoms with Crippen LogP contribution in [-0.2, 0) is 16.0 Å². The number of ether oxygens (including phenoxy) is 1. The Kier molecular flexibility index (Phi) is 5.75. The second-order valence-corrected chi connectivity index (χ2v) is 5.73. The molecule has 1 aromatic carbocycles. The van der Waals surface area contributed by atoms with E-state index in [1.807, 2.05) is 49.1 Å². The van der Waals surface area contributed by atoms with Gasteiger partial charge in [-0.15, -0.1) is 0 Å². The lowest BCUT2D eigenvalue weighted by atomic mass is 9.81. The van der Waals surface area contributed by atoms with Crippen molar-refractivity contribution in [3.8, 4) is 0 Å². The SMILES string of the molecule is CCOCCCN1C=CC(=O)C(O)(Cc2ccccc2)C1C. The maximum atomic E-state index is 12.3. The van der Waals surface area contributed by atoms with Crippen molar-refractivity contribution in [2.75, 3.05) is 19.8 Å². The molecule has 2 atom stereocenters. The second kappa shape index (κ2) is 7.56. The van der Waals surface area contributed by atoms with Crippen LogP contribution in [-0.4, -0.2) is 47.2 Å². The Labute approximate surface area is 132 Å². The smallest absolute Gasteiger partial charge is 0.191 e. The molecule has 0 amide bonds. The summed E-state index contributed by atoms with van der Waals surface area (Å²) in [6.07, 6.45) is 4.49. The van der Waals surface area contributed by atoms with E-state index in [1.54, 1.807) is 6.20 Å². The molecule has 0 spiro atoms. The van der Waals surface area contributed by atoms with Crippen molar-refractivity contribution in [2.24, 2.45) is 0 Å². The van der Waals surface area contributed by atoms with Gasteiger partial charge in [0.25, 0.3) is 0 Å². The summed E-state index contributed by atoms with van der Waals surface area (Å²) in [7, 11) is 0. The van der Waals surface area contributed by atoms with E-state index < -0.39 is 5.60 Å². The minimum Gasteiger partial charge on any atom is -0.382 e. The number of hydrogen-bond donors (Lipinski definition) is 1.